The summed E-state index contributed by atoms with van der Waals surface area (Å²) >= 11 is 0. The van der Waals surface area contributed by atoms with Gasteiger partial charge in [-0.3, -0.25) is 9.69 Å². The first-order valence-electron chi connectivity index (χ1n) is 8.23. The van der Waals surface area contributed by atoms with Crippen molar-refractivity contribution in [3.05, 3.63) is 47.9 Å². The molecule has 0 atom stereocenters. The monoisotopic (exact) mass is 337 g/mol. The van der Waals surface area contributed by atoms with Crippen LogP contribution in [0.3, 0.4) is 0 Å². The topological polar surface area (TPSA) is 85.8 Å². The van der Waals surface area contributed by atoms with Crippen molar-refractivity contribution in [2.75, 3.05) is 32.0 Å². The number of rotatable bonds is 4. The Labute approximate surface area is 145 Å². The molecule has 0 unspecified atom stereocenters. The van der Waals surface area contributed by atoms with Crippen LogP contribution < -0.4 is 5.73 Å². The van der Waals surface area contributed by atoms with Gasteiger partial charge in [0.15, 0.2) is 5.82 Å². The molecule has 0 amide bonds. The molecule has 2 aromatic heterocycles. The molecule has 7 heteroatoms. The Morgan fingerprint density at radius 3 is 2.68 bits per heavy atom. The number of morpholine rings is 1. The molecule has 0 spiro atoms. The maximum Gasteiger partial charge on any atom is 0.151 e. The molecule has 0 radical (unpaired) electrons. The maximum atomic E-state index is 10.9. The number of ether oxygens (including phenoxy) is 1. The van der Waals surface area contributed by atoms with Crippen LogP contribution in [0.25, 0.3) is 16.6 Å². The molecule has 1 aromatic carbocycles. The zero-order chi connectivity index (χ0) is 17.2. The fraction of sp³-hybridized carbons (Fsp3) is 0.278. The van der Waals surface area contributed by atoms with Crippen LogP contribution in [-0.4, -0.2) is 52.1 Å². The van der Waals surface area contributed by atoms with Crippen LogP contribution >= 0.6 is 0 Å². The molecule has 1 aliphatic heterocycles. The van der Waals surface area contributed by atoms with Crippen molar-refractivity contribution in [2.45, 2.75) is 6.54 Å². The van der Waals surface area contributed by atoms with E-state index in [0.717, 1.165) is 61.5 Å². The van der Waals surface area contributed by atoms with E-state index in [1.807, 2.05) is 16.6 Å². The molecular formula is C18H19N5O2. The molecule has 2 N–H and O–H groups in total. The van der Waals surface area contributed by atoms with E-state index < -0.39 is 0 Å². The van der Waals surface area contributed by atoms with Crippen LogP contribution in [0.5, 0.6) is 0 Å². The van der Waals surface area contributed by atoms with Crippen LogP contribution in [0, 0.1) is 0 Å². The number of benzene rings is 1. The Bertz CT molecular complexity index is 898. The zero-order valence-corrected chi connectivity index (χ0v) is 13.8. The molecule has 1 saturated heterocycles. The van der Waals surface area contributed by atoms with Gasteiger partial charge < -0.3 is 10.5 Å². The Kier molecular flexibility index (Phi) is 4.17. The van der Waals surface area contributed by atoms with Gasteiger partial charge >= 0.3 is 0 Å². The van der Waals surface area contributed by atoms with E-state index in [4.69, 9.17) is 10.5 Å². The van der Waals surface area contributed by atoms with Gasteiger partial charge in [-0.15, -0.1) is 0 Å². The average Bonchev–Trinajstić information content (AvgIpc) is 3.02. The summed E-state index contributed by atoms with van der Waals surface area (Å²) in [5, 5.41) is 4.40. The fourth-order valence-electron chi connectivity index (χ4n) is 3.20. The minimum atomic E-state index is 0.442. The van der Waals surface area contributed by atoms with Gasteiger partial charge in [-0.1, -0.05) is 24.3 Å². The second-order valence-corrected chi connectivity index (χ2v) is 6.08. The number of carbonyl (C=O) groups is 1. The van der Waals surface area contributed by atoms with Crippen molar-refractivity contribution in [3.63, 3.8) is 0 Å². The largest absolute Gasteiger partial charge is 0.382 e. The molecule has 25 heavy (non-hydrogen) atoms. The summed E-state index contributed by atoms with van der Waals surface area (Å²) in [6, 6.07) is 9.54. The molecule has 1 aliphatic rings. The number of nitrogen functional groups attached to an aromatic ring is 1. The van der Waals surface area contributed by atoms with E-state index in [1.54, 1.807) is 12.1 Å². The van der Waals surface area contributed by atoms with Crippen molar-refractivity contribution < 1.29 is 9.53 Å². The van der Waals surface area contributed by atoms with Crippen molar-refractivity contribution in [3.8, 4) is 11.1 Å². The van der Waals surface area contributed by atoms with Crippen LogP contribution in [-0.2, 0) is 11.3 Å². The van der Waals surface area contributed by atoms with Crippen molar-refractivity contribution in [2.24, 2.45) is 0 Å². The van der Waals surface area contributed by atoms with Crippen LogP contribution in [0.1, 0.15) is 16.1 Å². The molecular weight excluding hydrogens is 318 g/mol. The highest BCUT2D eigenvalue weighted by atomic mass is 16.5. The van der Waals surface area contributed by atoms with Gasteiger partial charge in [-0.25, -0.2) is 9.50 Å². The zero-order valence-electron chi connectivity index (χ0n) is 13.8. The number of nitrogens with zero attached hydrogens (tertiary/aromatic N) is 4. The van der Waals surface area contributed by atoms with Crippen molar-refractivity contribution >= 4 is 17.6 Å². The molecule has 128 valence electrons. The lowest BCUT2D eigenvalue weighted by molar-refractivity contribution is 0.0334. The number of aromatic nitrogens is 3. The van der Waals surface area contributed by atoms with E-state index in [0.29, 0.717) is 11.4 Å². The van der Waals surface area contributed by atoms with Crippen LogP contribution in [0.4, 0.5) is 5.82 Å². The highest BCUT2D eigenvalue weighted by Gasteiger charge is 2.18. The lowest BCUT2D eigenvalue weighted by Crippen LogP contribution is -2.36. The lowest BCUT2D eigenvalue weighted by atomic mass is 10.1. The molecule has 0 bridgehead atoms. The summed E-state index contributed by atoms with van der Waals surface area (Å²) in [7, 11) is 0. The minimum absolute atomic E-state index is 0.442. The number of hydrogen-bond donors (Lipinski definition) is 1. The third kappa shape index (κ3) is 2.99. The van der Waals surface area contributed by atoms with Crippen molar-refractivity contribution in [1.82, 2.24) is 19.5 Å². The van der Waals surface area contributed by atoms with Gasteiger partial charge in [0.2, 0.25) is 0 Å². The molecule has 1 fully saturated rings. The third-order valence-corrected chi connectivity index (χ3v) is 4.50. The molecule has 7 nitrogen and oxygen atoms in total. The summed E-state index contributed by atoms with van der Waals surface area (Å²) in [6.45, 7) is 4.07. The summed E-state index contributed by atoms with van der Waals surface area (Å²) in [6.07, 6.45) is 2.31. The highest BCUT2D eigenvalue weighted by Crippen LogP contribution is 2.31. The Morgan fingerprint density at radius 1 is 1.20 bits per heavy atom. The molecule has 0 saturated carbocycles. The summed E-state index contributed by atoms with van der Waals surface area (Å²) in [5.74, 6) is 0.442. The first kappa shape index (κ1) is 15.7. The second-order valence-electron chi connectivity index (χ2n) is 6.08. The molecule has 3 heterocycles. The molecule has 4 rings (SSSR count). The van der Waals surface area contributed by atoms with E-state index in [-0.39, 0.29) is 0 Å². The average molecular weight is 337 g/mol. The number of fused-ring (bicyclic) bond motifs is 1. The number of hydrogen-bond acceptors (Lipinski definition) is 6. The quantitative estimate of drug-likeness (QED) is 0.728. The number of nitrogens with two attached hydrogens (primary N) is 1. The minimum Gasteiger partial charge on any atom is -0.382 e. The van der Waals surface area contributed by atoms with Gasteiger partial charge in [0.05, 0.1) is 18.9 Å². The molecule has 3 aromatic rings. The summed E-state index contributed by atoms with van der Waals surface area (Å²) < 4.78 is 7.28. The number of aldehydes is 1. The predicted molar refractivity (Wildman–Crippen MR) is 94.3 cm³/mol. The van der Waals surface area contributed by atoms with Gasteiger partial charge in [-0.05, 0) is 11.6 Å². The number of anilines is 1. The SMILES string of the molecule is Nc1ncnn2c(CN3CCOCC3)cc(-c3ccc(C=O)cc3)c12. The Morgan fingerprint density at radius 2 is 1.96 bits per heavy atom. The normalized spacial score (nSPS) is 15.5. The Hall–Kier alpha value is -2.77. The highest BCUT2D eigenvalue weighted by molar-refractivity contribution is 5.89. The smallest absolute Gasteiger partial charge is 0.151 e. The summed E-state index contributed by atoms with van der Waals surface area (Å²) in [4.78, 5) is 17.4. The maximum absolute atomic E-state index is 10.9. The summed E-state index contributed by atoms with van der Waals surface area (Å²) in [5.41, 5.74) is 10.6. The van der Waals surface area contributed by atoms with E-state index in [1.165, 1.54) is 6.33 Å². The standard InChI is InChI=1S/C18H19N5O2/c19-18-17-16(14-3-1-13(11-24)2-4-14)9-15(23(17)21-12-20-18)10-22-5-7-25-8-6-22/h1-4,9,11-12H,5-8,10H2,(H2,19,20,21). The van der Waals surface area contributed by atoms with E-state index in [9.17, 15) is 4.79 Å². The van der Waals surface area contributed by atoms with Crippen LogP contribution in [0.15, 0.2) is 36.7 Å². The Balaban J connectivity index is 1.79. The number of carbonyl (C=O) groups excluding carboxylic acids is 1. The second kappa shape index (κ2) is 6.62. The molecule has 0 aliphatic carbocycles. The first-order chi connectivity index (χ1) is 12.3. The van der Waals surface area contributed by atoms with Gasteiger partial charge in [0.25, 0.3) is 0 Å². The predicted octanol–water partition coefficient (Wildman–Crippen LogP) is 1.62. The van der Waals surface area contributed by atoms with Gasteiger partial charge in [0, 0.05) is 30.8 Å². The van der Waals surface area contributed by atoms with E-state index in [2.05, 4.69) is 21.0 Å². The third-order valence-electron chi connectivity index (χ3n) is 4.50. The lowest BCUT2D eigenvalue weighted by Gasteiger charge is -2.26. The van der Waals surface area contributed by atoms with E-state index >= 15 is 0 Å². The van der Waals surface area contributed by atoms with Gasteiger partial charge in [-0.2, -0.15) is 5.10 Å². The van der Waals surface area contributed by atoms with Gasteiger partial charge in [0.1, 0.15) is 18.1 Å². The van der Waals surface area contributed by atoms with Crippen molar-refractivity contribution in [1.29, 1.82) is 0 Å². The van der Waals surface area contributed by atoms with Crippen LogP contribution in [0.2, 0.25) is 0 Å². The fourth-order valence-corrected chi connectivity index (χ4v) is 3.20. The first-order valence-corrected chi connectivity index (χ1v) is 8.23.